The van der Waals surface area contributed by atoms with Gasteiger partial charge in [0.2, 0.25) is 0 Å². The molecule has 0 saturated carbocycles. The Hall–Kier alpha value is -0.990. The maximum Gasteiger partial charge on any atom is 0.0415 e. The lowest BCUT2D eigenvalue weighted by atomic mass is 9.99. The summed E-state index contributed by atoms with van der Waals surface area (Å²) in [6.07, 6.45) is 1.20. The van der Waals surface area contributed by atoms with Gasteiger partial charge in [0.05, 0.1) is 0 Å². The molecule has 0 spiro atoms. The molecule has 3 heteroatoms. The molecule has 0 aromatic heterocycles. The second-order valence-corrected chi connectivity index (χ2v) is 6.06. The standard InChI is InChI=1S/C17H25ClN2/c1-4-14(3)16-12-20(11-13(2)9-18)17-8-6-5-7-15(17)10-19-16/h5-9,14,16,19H,4,10-12H2,1-3H3/b13-9+. The normalized spacial score (nSPS) is 21.3. The number of hydrogen-bond acceptors (Lipinski definition) is 2. The van der Waals surface area contributed by atoms with Crippen molar-refractivity contribution in [2.24, 2.45) is 5.92 Å². The number of rotatable bonds is 4. The van der Waals surface area contributed by atoms with Gasteiger partial charge in [0.15, 0.2) is 0 Å². The maximum atomic E-state index is 5.86. The number of para-hydroxylation sites is 1. The molecule has 1 heterocycles. The molecular weight excluding hydrogens is 268 g/mol. The van der Waals surface area contributed by atoms with Crippen LogP contribution in [0.4, 0.5) is 5.69 Å². The van der Waals surface area contributed by atoms with Gasteiger partial charge < -0.3 is 10.2 Å². The predicted octanol–water partition coefficient (Wildman–Crippen LogP) is 4.15. The molecule has 1 aromatic rings. The van der Waals surface area contributed by atoms with Crippen LogP contribution in [0, 0.1) is 5.92 Å². The van der Waals surface area contributed by atoms with Gasteiger partial charge in [-0.05, 0) is 30.0 Å². The molecule has 1 N–H and O–H groups in total. The van der Waals surface area contributed by atoms with Crippen molar-refractivity contribution in [2.75, 3.05) is 18.0 Å². The van der Waals surface area contributed by atoms with Crippen molar-refractivity contribution in [2.45, 2.75) is 39.8 Å². The molecule has 110 valence electrons. The van der Waals surface area contributed by atoms with Gasteiger partial charge in [-0.1, -0.05) is 50.1 Å². The van der Waals surface area contributed by atoms with E-state index >= 15 is 0 Å². The number of nitrogens with one attached hydrogen (secondary N) is 1. The molecule has 2 unspecified atom stereocenters. The first-order chi connectivity index (χ1) is 9.65. The van der Waals surface area contributed by atoms with Crippen LogP contribution in [0.25, 0.3) is 0 Å². The Balaban J connectivity index is 2.27. The van der Waals surface area contributed by atoms with E-state index in [1.54, 1.807) is 5.54 Å². The molecular formula is C17H25ClN2. The minimum atomic E-state index is 0.524. The lowest BCUT2D eigenvalue weighted by Crippen LogP contribution is -2.42. The van der Waals surface area contributed by atoms with Gasteiger partial charge in [-0.3, -0.25) is 0 Å². The largest absolute Gasteiger partial charge is 0.366 e. The van der Waals surface area contributed by atoms with Crippen LogP contribution in [-0.2, 0) is 6.54 Å². The number of fused-ring (bicyclic) bond motifs is 1. The van der Waals surface area contributed by atoms with E-state index < -0.39 is 0 Å². The van der Waals surface area contributed by atoms with Crippen LogP contribution in [0.5, 0.6) is 0 Å². The SMILES string of the molecule is CCC(C)C1CN(C/C(C)=C/Cl)c2ccccc2CN1. The van der Waals surface area contributed by atoms with Crippen molar-refractivity contribution in [3.63, 3.8) is 0 Å². The van der Waals surface area contributed by atoms with E-state index in [2.05, 4.69) is 55.3 Å². The van der Waals surface area contributed by atoms with Gasteiger partial charge in [0.1, 0.15) is 0 Å². The molecule has 2 rings (SSSR count). The lowest BCUT2D eigenvalue weighted by molar-refractivity contribution is 0.372. The van der Waals surface area contributed by atoms with Crippen LogP contribution in [0.2, 0.25) is 0 Å². The third-order valence-electron chi connectivity index (χ3n) is 4.26. The van der Waals surface area contributed by atoms with Gasteiger partial charge in [0, 0.05) is 36.9 Å². The van der Waals surface area contributed by atoms with E-state index in [9.17, 15) is 0 Å². The van der Waals surface area contributed by atoms with Gasteiger partial charge in [-0.15, -0.1) is 0 Å². The summed E-state index contributed by atoms with van der Waals surface area (Å²) >= 11 is 5.86. The van der Waals surface area contributed by atoms with E-state index in [4.69, 9.17) is 11.6 Å². The molecule has 1 aliphatic heterocycles. The van der Waals surface area contributed by atoms with Gasteiger partial charge >= 0.3 is 0 Å². The molecule has 2 nitrogen and oxygen atoms in total. The zero-order chi connectivity index (χ0) is 14.5. The summed E-state index contributed by atoms with van der Waals surface area (Å²) in [5, 5.41) is 3.72. The number of hydrogen-bond donors (Lipinski definition) is 1. The minimum Gasteiger partial charge on any atom is -0.366 e. The number of benzene rings is 1. The number of anilines is 1. The van der Waals surface area contributed by atoms with Crippen molar-refractivity contribution in [3.8, 4) is 0 Å². The molecule has 0 aliphatic carbocycles. The highest BCUT2D eigenvalue weighted by Gasteiger charge is 2.24. The third-order valence-corrected chi connectivity index (χ3v) is 4.63. The quantitative estimate of drug-likeness (QED) is 0.897. The Bertz CT molecular complexity index is 470. The van der Waals surface area contributed by atoms with E-state index in [0.29, 0.717) is 12.0 Å². The highest BCUT2D eigenvalue weighted by atomic mass is 35.5. The zero-order valence-corrected chi connectivity index (χ0v) is 13.5. The van der Waals surface area contributed by atoms with Crippen molar-refractivity contribution in [1.29, 1.82) is 0 Å². The summed E-state index contributed by atoms with van der Waals surface area (Å²) in [4.78, 5) is 2.46. The molecule has 1 aromatic carbocycles. The summed E-state index contributed by atoms with van der Waals surface area (Å²) in [5.74, 6) is 0.673. The minimum absolute atomic E-state index is 0.524. The molecule has 2 atom stereocenters. The fraction of sp³-hybridized carbons (Fsp3) is 0.529. The Morgan fingerprint density at radius 1 is 1.50 bits per heavy atom. The third kappa shape index (κ3) is 3.56. The monoisotopic (exact) mass is 292 g/mol. The molecule has 0 fully saturated rings. The fourth-order valence-electron chi connectivity index (χ4n) is 2.76. The second-order valence-electron chi connectivity index (χ2n) is 5.84. The molecule has 0 bridgehead atoms. The molecule has 1 aliphatic rings. The average Bonchev–Trinajstić information content (AvgIpc) is 2.66. The molecule has 0 amide bonds. The highest BCUT2D eigenvalue weighted by Crippen LogP contribution is 2.26. The first-order valence-electron chi connectivity index (χ1n) is 7.47. The molecule has 20 heavy (non-hydrogen) atoms. The van der Waals surface area contributed by atoms with E-state index in [1.807, 2.05) is 0 Å². The average molecular weight is 293 g/mol. The van der Waals surface area contributed by atoms with Crippen molar-refractivity contribution >= 4 is 17.3 Å². The second kappa shape index (κ2) is 7.14. The molecule has 0 radical (unpaired) electrons. The first-order valence-corrected chi connectivity index (χ1v) is 7.91. The Kier molecular flexibility index (Phi) is 5.50. The first kappa shape index (κ1) is 15.4. The summed E-state index contributed by atoms with van der Waals surface area (Å²) in [6, 6.07) is 9.20. The van der Waals surface area contributed by atoms with E-state index in [-0.39, 0.29) is 0 Å². The van der Waals surface area contributed by atoms with Gasteiger partial charge in [0.25, 0.3) is 0 Å². The summed E-state index contributed by atoms with van der Waals surface area (Å²) in [7, 11) is 0. The Labute approximate surface area is 127 Å². The maximum absolute atomic E-state index is 5.86. The van der Waals surface area contributed by atoms with Crippen molar-refractivity contribution < 1.29 is 0 Å². The number of halogens is 1. The summed E-state index contributed by atoms with van der Waals surface area (Å²) < 4.78 is 0. The van der Waals surface area contributed by atoms with Crippen LogP contribution in [-0.4, -0.2) is 19.1 Å². The van der Waals surface area contributed by atoms with Crippen LogP contribution >= 0.6 is 11.6 Å². The summed E-state index contributed by atoms with van der Waals surface area (Å²) in [5.41, 5.74) is 5.61. The van der Waals surface area contributed by atoms with E-state index in [0.717, 1.165) is 19.6 Å². The van der Waals surface area contributed by atoms with E-state index in [1.165, 1.54) is 23.2 Å². The molecule has 0 saturated heterocycles. The van der Waals surface area contributed by atoms with Crippen molar-refractivity contribution in [3.05, 3.63) is 40.9 Å². The number of nitrogens with zero attached hydrogens (tertiary/aromatic N) is 1. The van der Waals surface area contributed by atoms with Gasteiger partial charge in [-0.2, -0.15) is 0 Å². The highest BCUT2D eigenvalue weighted by molar-refractivity contribution is 6.25. The van der Waals surface area contributed by atoms with Crippen LogP contribution in [0.15, 0.2) is 35.4 Å². The summed E-state index contributed by atoms with van der Waals surface area (Å²) in [6.45, 7) is 9.56. The van der Waals surface area contributed by atoms with Crippen LogP contribution < -0.4 is 10.2 Å². The fourth-order valence-corrected chi connectivity index (χ4v) is 2.83. The Morgan fingerprint density at radius 2 is 2.25 bits per heavy atom. The van der Waals surface area contributed by atoms with Crippen LogP contribution in [0.1, 0.15) is 32.8 Å². The van der Waals surface area contributed by atoms with Crippen LogP contribution in [0.3, 0.4) is 0 Å². The smallest absolute Gasteiger partial charge is 0.0415 e. The zero-order valence-electron chi connectivity index (χ0n) is 12.7. The predicted molar refractivity (Wildman–Crippen MR) is 88.3 cm³/mol. The van der Waals surface area contributed by atoms with Crippen molar-refractivity contribution in [1.82, 2.24) is 5.32 Å². The Morgan fingerprint density at radius 3 is 2.95 bits per heavy atom. The lowest BCUT2D eigenvalue weighted by Gasteiger charge is -2.30. The topological polar surface area (TPSA) is 15.3 Å². The van der Waals surface area contributed by atoms with Gasteiger partial charge in [-0.25, -0.2) is 0 Å².